The summed E-state index contributed by atoms with van der Waals surface area (Å²) in [5.74, 6) is -0.584. The number of nitrogens with zero attached hydrogens (tertiary/aromatic N) is 2. The molecule has 1 fully saturated rings. The van der Waals surface area contributed by atoms with Crippen LogP contribution in [0, 0.1) is 12.7 Å². The number of aryl methyl sites for hydroxylation is 1. The molecule has 1 aromatic heterocycles. The Balaban J connectivity index is 1.55. The molecule has 3 heterocycles. The largest absolute Gasteiger partial charge is 0.358 e. The predicted molar refractivity (Wildman–Crippen MR) is 132 cm³/mol. The second-order valence-electron chi connectivity index (χ2n) is 9.18. The van der Waals surface area contributed by atoms with Gasteiger partial charge in [-0.25, -0.2) is 4.39 Å². The molecular formula is C27H27FN4O2. The maximum absolute atomic E-state index is 13.5. The molecule has 1 unspecified atom stereocenters. The van der Waals surface area contributed by atoms with Crippen LogP contribution in [0.1, 0.15) is 33.7 Å². The average molecular weight is 459 g/mol. The minimum atomic E-state index is -0.315. The second kappa shape index (κ2) is 8.57. The zero-order valence-electron chi connectivity index (χ0n) is 19.5. The Bertz CT molecular complexity index is 1310. The van der Waals surface area contributed by atoms with Crippen LogP contribution in [0.4, 0.5) is 10.1 Å². The number of benzene rings is 2. The zero-order chi connectivity index (χ0) is 24.0. The number of hydrogen-bond donors (Lipinski definition) is 2. The number of amides is 2. The van der Waals surface area contributed by atoms with Gasteiger partial charge in [-0.05, 0) is 68.9 Å². The normalized spacial score (nSPS) is 18.6. The lowest BCUT2D eigenvalue weighted by Crippen LogP contribution is -2.34. The third-order valence-electron chi connectivity index (χ3n) is 6.66. The number of fused-ring (bicyclic) bond motifs is 1. The molecule has 0 bridgehead atoms. The highest BCUT2D eigenvalue weighted by Gasteiger charge is 2.31. The number of carbonyl (C=O) groups is 2. The summed E-state index contributed by atoms with van der Waals surface area (Å²) in [6.07, 6.45) is 2.70. The summed E-state index contributed by atoms with van der Waals surface area (Å²) in [5, 5.41) is 2.92. The van der Waals surface area contributed by atoms with E-state index in [-0.39, 0.29) is 17.6 Å². The maximum atomic E-state index is 13.5. The van der Waals surface area contributed by atoms with Crippen molar-refractivity contribution in [1.29, 1.82) is 0 Å². The maximum Gasteiger partial charge on any atom is 0.256 e. The number of hydrogen-bond acceptors (Lipinski definition) is 3. The molecule has 174 valence electrons. The van der Waals surface area contributed by atoms with Gasteiger partial charge in [0.25, 0.3) is 11.8 Å². The average Bonchev–Trinajstić information content (AvgIpc) is 3.52. The Morgan fingerprint density at radius 3 is 2.65 bits per heavy atom. The fraction of sp³-hybridized carbons (Fsp3) is 0.259. The van der Waals surface area contributed by atoms with Crippen LogP contribution in [-0.4, -0.2) is 59.8 Å². The van der Waals surface area contributed by atoms with Gasteiger partial charge in [0.05, 0.1) is 16.8 Å². The van der Waals surface area contributed by atoms with Gasteiger partial charge in [0.15, 0.2) is 0 Å². The van der Waals surface area contributed by atoms with E-state index < -0.39 is 0 Å². The van der Waals surface area contributed by atoms with E-state index in [2.05, 4.69) is 15.2 Å². The van der Waals surface area contributed by atoms with Crippen LogP contribution >= 0.6 is 0 Å². The predicted octanol–water partition coefficient (Wildman–Crippen LogP) is 4.40. The van der Waals surface area contributed by atoms with Crippen LogP contribution < -0.4 is 5.32 Å². The van der Waals surface area contributed by atoms with Crippen molar-refractivity contribution in [2.24, 2.45) is 0 Å². The number of aromatic nitrogens is 1. The first-order valence-corrected chi connectivity index (χ1v) is 11.4. The molecule has 1 saturated heterocycles. The summed E-state index contributed by atoms with van der Waals surface area (Å²) in [4.78, 5) is 33.7. The minimum absolute atomic E-state index is 0.0361. The first-order chi connectivity index (χ1) is 16.3. The summed E-state index contributed by atoms with van der Waals surface area (Å²) < 4.78 is 13.5. The highest BCUT2D eigenvalue weighted by molar-refractivity contribution is 6.36. The van der Waals surface area contributed by atoms with Gasteiger partial charge in [0.2, 0.25) is 0 Å². The molecule has 6 nitrogen and oxygen atoms in total. The lowest BCUT2D eigenvalue weighted by molar-refractivity contribution is -0.110. The van der Waals surface area contributed by atoms with Gasteiger partial charge >= 0.3 is 0 Å². The Morgan fingerprint density at radius 2 is 1.94 bits per heavy atom. The molecule has 0 spiro atoms. The van der Waals surface area contributed by atoms with E-state index in [0.717, 1.165) is 28.8 Å². The number of likely N-dealkylation sites (N-methyl/N-ethyl adjacent to an activating group) is 1. The number of likely N-dealkylation sites (tertiary alicyclic amines) is 1. The van der Waals surface area contributed by atoms with Gasteiger partial charge in [-0.1, -0.05) is 24.3 Å². The molecule has 5 rings (SSSR count). The molecule has 3 aromatic rings. The third-order valence-corrected chi connectivity index (χ3v) is 6.66. The number of halogens is 1. The van der Waals surface area contributed by atoms with E-state index in [9.17, 15) is 14.0 Å². The quantitative estimate of drug-likeness (QED) is 0.570. The smallest absolute Gasteiger partial charge is 0.256 e. The van der Waals surface area contributed by atoms with Gasteiger partial charge < -0.3 is 20.1 Å². The first-order valence-electron chi connectivity index (χ1n) is 11.4. The summed E-state index contributed by atoms with van der Waals surface area (Å²) in [6.45, 7) is 3.29. The molecule has 7 heteroatoms. The summed E-state index contributed by atoms with van der Waals surface area (Å²) in [5.41, 5.74) is 5.58. The number of anilines is 1. The molecule has 0 aliphatic carbocycles. The van der Waals surface area contributed by atoms with Crippen LogP contribution in [0.3, 0.4) is 0 Å². The number of nitrogens with one attached hydrogen (secondary N) is 2. The summed E-state index contributed by atoms with van der Waals surface area (Å²) >= 11 is 0. The molecule has 34 heavy (non-hydrogen) atoms. The topological polar surface area (TPSA) is 68.4 Å². The van der Waals surface area contributed by atoms with Crippen molar-refractivity contribution in [2.75, 3.05) is 32.5 Å². The van der Waals surface area contributed by atoms with E-state index in [0.29, 0.717) is 41.6 Å². The molecule has 2 amide bonds. The summed E-state index contributed by atoms with van der Waals surface area (Å²) in [7, 11) is 4.06. The fourth-order valence-corrected chi connectivity index (χ4v) is 4.82. The van der Waals surface area contributed by atoms with Crippen LogP contribution in [0.15, 0.2) is 48.5 Å². The van der Waals surface area contributed by atoms with Crippen molar-refractivity contribution in [3.63, 3.8) is 0 Å². The highest BCUT2D eigenvalue weighted by Crippen LogP contribution is 2.40. The molecule has 2 aliphatic rings. The van der Waals surface area contributed by atoms with E-state index >= 15 is 0 Å². The first kappa shape index (κ1) is 22.1. The van der Waals surface area contributed by atoms with Crippen molar-refractivity contribution in [1.82, 2.24) is 14.8 Å². The van der Waals surface area contributed by atoms with Gasteiger partial charge in [-0.2, -0.15) is 0 Å². The number of carbonyl (C=O) groups excluding carboxylic acids is 2. The number of rotatable bonds is 4. The number of H-pyrrole nitrogens is 1. The van der Waals surface area contributed by atoms with Crippen LogP contribution in [0.25, 0.3) is 22.8 Å². The molecule has 0 saturated carbocycles. The van der Waals surface area contributed by atoms with Gasteiger partial charge in [0, 0.05) is 36.1 Å². The van der Waals surface area contributed by atoms with Crippen molar-refractivity contribution in [3.8, 4) is 11.1 Å². The molecular weight excluding hydrogens is 431 g/mol. The Labute approximate surface area is 198 Å². The zero-order valence-corrected chi connectivity index (χ0v) is 19.5. The van der Waals surface area contributed by atoms with Gasteiger partial charge in [-0.3, -0.25) is 9.59 Å². The van der Waals surface area contributed by atoms with Gasteiger partial charge in [0.1, 0.15) is 5.82 Å². The van der Waals surface area contributed by atoms with Crippen molar-refractivity contribution < 1.29 is 14.0 Å². The Hall–Kier alpha value is -3.71. The van der Waals surface area contributed by atoms with E-state index in [1.54, 1.807) is 18.2 Å². The summed E-state index contributed by atoms with van der Waals surface area (Å²) in [6, 6.07) is 14.0. The molecule has 2 aromatic carbocycles. The van der Waals surface area contributed by atoms with Crippen LogP contribution in [0.2, 0.25) is 0 Å². The molecule has 2 aliphatic heterocycles. The number of aromatic amines is 1. The lowest BCUT2D eigenvalue weighted by atomic mass is 9.94. The molecule has 1 atom stereocenters. The van der Waals surface area contributed by atoms with Crippen LogP contribution in [0.5, 0.6) is 0 Å². The van der Waals surface area contributed by atoms with Crippen LogP contribution in [-0.2, 0) is 4.79 Å². The third kappa shape index (κ3) is 3.92. The minimum Gasteiger partial charge on any atom is -0.358 e. The lowest BCUT2D eigenvalue weighted by Gasteiger charge is -2.20. The van der Waals surface area contributed by atoms with Crippen molar-refractivity contribution >= 4 is 29.2 Å². The fourth-order valence-electron chi connectivity index (χ4n) is 4.82. The molecule has 0 radical (unpaired) electrons. The Kier molecular flexibility index (Phi) is 5.57. The SMILES string of the molecule is Cc1cc(C(=O)N2CCC(N(C)C)C2)c(/C=C2\C(=O)Nc3cccc(-c4ccc(F)cc4)c32)[nH]1. The van der Waals surface area contributed by atoms with E-state index in [1.807, 2.05) is 50.2 Å². The van der Waals surface area contributed by atoms with Crippen molar-refractivity contribution in [2.45, 2.75) is 19.4 Å². The van der Waals surface area contributed by atoms with Gasteiger partial charge in [-0.15, -0.1) is 0 Å². The van der Waals surface area contributed by atoms with Crippen molar-refractivity contribution in [3.05, 3.63) is 76.9 Å². The second-order valence-corrected chi connectivity index (χ2v) is 9.18. The molecule has 2 N–H and O–H groups in total. The van der Waals surface area contributed by atoms with E-state index in [4.69, 9.17) is 0 Å². The van der Waals surface area contributed by atoms with E-state index in [1.165, 1.54) is 12.1 Å². The standard InChI is InChI=1S/C27H27FN4O2/c1-16-13-21(27(34)32-12-11-19(15-32)31(2)3)24(29-16)14-22-25-20(17-7-9-18(28)10-8-17)5-4-6-23(25)30-26(22)33/h4-10,13-14,19,29H,11-12,15H2,1-3H3,(H,30,33)/b22-14-. The monoisotopic (exact) mass is 458 g/mol. The Morgan fingerprint density at radius 1 is 1.18 bits per heavy atom. The highest BCUT2D eigenvalue weighted by atomic mass is 19.1.